The summed E-state index contributed by atoms with van der Waals surface area (Å²) in [5.74, 6) is 0.822. The second-order valence-electron chi connectivity index (χ2n) is 4.54. The first kappa shape index (κ1) is 11.4. The number of benzene rings is 2. The zero-order chi connectivity index (χ0) is 12.5. The van der Waals surface area contributed by atoms with Gasteiger partial charge in [0.2, 0.25) is 0 Å². The van der Waals surface area contributed by atoms with E-state index in [0.29, 0.717) is 11.8 Å². The number of rotatable bonds is 1. The summed E-state index contributed by atoms with van der Waals surface area (Å²) in [6, 6.07) is 14.3. The standard InChI is InChI=1S/C15H14ClNO/c1-11-5-7-13(8-6-11)17-9-12-3-2-4-14(16)15(12)18-10-17/h2-8H,9-10H2,1H3. The van der Waals surface area contributed by atoms with Gasteiger partial charge in [0, 0.05) is 17.8 Å². The Balaban J connectivity index is 1.89. The Morgan fingerprint density at radius 1 is 1.11 bits per heavy atom. The first-order valence-electron chi connectivity index (χ1n) is 5.96. The van der Waals surface area contributed by atoms with Crippen LogP contribution in [0.5, 0.6) is 5.75 Å². The minimum absolute atomic E-state index is 0.541. The number of halogens is 1. The molecule has 0 atom stereocenters. The molecule has 0 amide bonds. The van der Waals surface area contributed by atoms with Crippen molar-refractivity contribution in [2.24, 2.45) is 0 Å². The van der Waals surface area contributed by atoms with Gasteiger partial charge in [-0.1, -0.05) is 41.4 Å². The second-order valence-corrected chi connectivity index (χ2v) is 4.94. The van der Waals surface area contributed by atoms with Crippen LogP contribution in [0.3, 0.4) is 0 Å². The van der Waals surface area contributed by atoms with E-state index in [0.717, 1.165) is 17.9 Å². The summed E-state index contributed by atoms with van der Waals surface area (Å²) in [6.45, 7) is 3.46. The third kappa shape index (κ3) is 2.04. The average molecular weight is 260 g/mol. The van der Waals surface area contributed by atoms with E-state index in [-0.39, 0.29) is 0 Å². The van der Waals surface area contributed by atoms with Gasteiger partial charge in [0.05, 0.1) is 5.02 Å². The van der Waals surface area contributed by atoms with Gasteiger partial charge in [-0.15, -0.1) is 0 Å². The van der Waals surface area contributed by atoms with E-state index >= 15 is 0 Å². The van der Waals surface area contributed by atoms with E-state index in [2.05, 4.69) is 42.2 Å². The van der Waals surface area contributed by atoms with Crippen LogP contribution in [0.15, 0.2) is 42.5 Å². The van der Waals surface area contributed by atoms with E-state index in [1.807, 2.05) is 12.1 Å². The summed E-state index contributed by atoms with van der Waals surface area (Å²) in [7, 11) is 0. The van der Waals surface area contributed by atoms with Crippen molar-refractivity contribution in [3.8, 4) is 5.75 Å². The fourth-order valence-corrected chi connectivity index (χ4v) is 2.40. The summed E-state index contributed by atoms with van der Waals surface area (Å²) >= 11 is 6.11. The molecule has 0 aromatic heterocycles. The third-order valence-electron chi connectivity index (χ3n) is 3.17. The molecule has 0 N–H and O–H groups in total. The predicted octanol–water partition coefficient (Wildman–Crippen LogP) is 4.00. The number of nitrogens with zero attached hydrogens (tertiary/aromatic N) is 1. The molecule has 0 fully saturated rings. The summed E-state index contributed by atoms with van der Waals surface area (Å²) in [5.41, 5.74) is 3.57. The molecule has 0 saturated heterocycles. The van der Waals surface area contributed by atoms with Crippen molar-refractivity contribution in [2.75, 3.05) is 11.6 Å². The molecule has 0 bridgehead atoms. The lowest BCUT2D eigenvalue weighted by molar-refractivity contribution is 0.289. The number of para-hydroxylation sites is 1. The van der Waals surface area contributed by atoms with Gasteiger partial charge in [-0.2, -0.15) is 0 Å². The highest BCUT2D eigenvalue weighted by atomic mass is 35.5. The van der Waals surface area contributed by atoms with Crippen LogP contribution in [0.2, 0.25) is 5.02 Å². The van der Waals surface area contributed by atoms with Crippen LogP contribution in [0, 0.1) is 6.92 Å². The molecule has 2 nitrogen and oxygen atoms in total. The number of ether oxygens (including phenoxy) is 1. The monoisotopic (exact) mass is 259 g/mol. The minimum atomic E-state index is 0.541. The van der Waals surface area contributed by atoms with Crippen molar-refractivity contribution in [1.29, 1.82) is 0 Å². The van der Waals surface area contributed by atoms with Crippen LogP contribution in [0.4, 0.5) is 5.69 Å². The topological polar surface area (TPSA) is 12.5 Å². The summed E-state index contributed by atoms with van der Waals surface area (Å²) in [6.07, 6.45) is 0. The Labute approximate surface area is 112 Å². The molecular formula is C15H14ClNO. The van der Waals surface area contributed by atoms with Crippen molar-refractivity contribution in [3.63, 3.8) is 0 Å². The van der Waals surface area contributed by atoms with E-state index in [4.69, 9.17) is 16.3 Å². The molecule has 3 heteroatoms. The lowest BCUT2D eigenvalue weighted by Gasteiger charge is -2.31. The number of hydrogen-bond acceptors (Lipinski definition) is 2. The van der Waals surface area contributed by atoms with E-state index in [1.54, 1.807) is 0 Å². The maximum Gasteiger partial charge on any atom is 0.161 e. The maximum absolute atomic E-state index is 6.11. The maximum atomic E-state index is 6.11. The van der Waals surface area contributed by atoms with Gasteiger partial charge in [0.25, 0.3) is 0 Å². The molecule has 18 heavy (non-hydrogen) atoms. The number of anilines is 1. The molecular weight excluding hydrogens is 246 g/mol. The fraction of sp³-hybridized carbons (Fsp3) is 0.200. The minimum Gasteiger partial charge on any atom is -0.471 e. The van der Waals surface area contributed by atoms with Gasteiger partial charge >= 0.3 is 0 Å². The molecule has 2 aromatic carbocycles. The highest BCUT2D eigenvalue weighted by molar-refractivity contribution is 6.32. The number of aryl methyl sites for hydroxylation is 1. The van der Waals surface area contributed by atoms with E-state index < -0.39 is 0 Å². The third-order valence-corrected chi connectivity index (χ3v) is 3.47. The lowest BCUT2D eigenvalue weighted by Crippen LogP contribution is -2.31. The Morgan fingerprint density at radius 2 is 1.89 bits per heavy atom. The molecule has 3 rings (SSSR count). The Kier molecular flexibility index (Phi) is 2.88. The van der Waals surface area contributed by atoms with Crippen molar-refractivity contribution in [2.45, 2.75) is 13.5 Å². The predicted molar refractivity (Wildman–Crippen MR) is 74.3 cm³/mol. The van der Waals surface area contributed by atoms with Crippen LogP contribution >= 0.6 is 11.6 Å². The highest BCUT2D eigenvalue weighted by Gasteiger charge is 2.19. The van der Waals surface area contributed by atoms with Gasteiger partial charge < -0.3 is 9.64 Å². The fourth-order valence-electron chi connectivity index (χ4n) is 2.15. The zero-order valence-electron chi connectivity index (χ0n) is 10.2. The summed E-state index contributed by atoms with van der Waals surface area (Å²) < 4.78 is 5.75. The SMILES string of the molecule is Cc1ccc(N2COc3c(Cl)cccc3C2)cc1. The molecule has 0 unspecified atom stereocenters. The quantitative estimate of drug-likeness (QED) is 0.767. The molecule has 2 aromatic rings. The van der Waals surface area contributed by atoms with Crippen LogP contribution in [-0.2, 0) is 6.54 Å². The molecule has 1 aliphatic heterocycles. The van der Waals surface area contributed by atoms with Crippen LogP contribution in [-0.4, -0.2) is 6.73 Å². The Bertz CT molecular complexity index is 565. The van der Waals surface area contributed by atoms with Gasteiger partial charge in [0.15, 0.2) is 6.73 Å². The summed E-state index contributed by atoms with van der Waals surface area (Å²) in [5, 5.41) is 0.691. The summed E-state index contributed by atoms with van der Waals surface area (Å²) in [4.78, 5) is 2.19. The van der Waals surface area contributed by atoms with Crippen molar-refractivity contribution >= 4 is 17.3 Å². The van der Waals surface area contributed by atoms with Gasteiger partial charge in [-0.25, -0.2) is 0 Å². The Morgan fingerprint density at radius 3 is 2.67 bits per heavy atom. The highest BCUT2D eigenvalue weighted by Crippen LogP contribution is 2.34. The normalized spacial score (nSPS) is 14.0. The molecule has 0 saturated carbocycles. The molecule has 1 heterocycles. The average Bonchev–Trinajstić information content (AvgIpc) is 2.39. The second kappa shape index (κ2) is 4.54. The lowest BCUT2D eigenvalue weighted by atomic mass is 10.1. The van der Waals surface area contributed by atoms with Crippen molar-refractivity contribution < 1.29 is 4.74 Å². The molecule has 0 spiro atoms. The van der Waals surface area contributed by atoms with Crippen molar-refractivity contribution in [1.82, 2.24) is 0 Å². The van der Waals surface area contributed by atoms with Gasteiger partial charge in [-0.3, -0.25) is 0 Å². The number of hydrogen-bond donors (Lipinski definition) is 0. The largest absolute Gasteiger partial charge is 0.471 e. The van der Waals surface area contributed by atoms with Crippen LogP contribution < -0.4 is 9.64 Å². The zero-order valence-corrected chi connectivity index (χ0v) is 10.9. The van der Waals surface area contributed by atoms with Crippen LogP contribution in [0.25, 0.3) is 0 Å². The smallest absolute Gasteiger partial charge is 0.161 e. The molecule has 92 valence electrons. The van der Waals surface area contributed by atoms with Gasteiger partial charge in [-0.05, 0) is 25.1 Å². The van der Waals surface area contributed by atoms with Crippen LogP contribution in [0.1, 0.15) is 11.1 Å². The van der Waals surface area contributed by atoms with Crippen molar-refractivity contribution in [3.05, 3.63) is 58.6 Å². The number of fused-ring (bicyclic) bond motifs is 1. The van der Waals surface area contributed by atoms with E-state index in [1.165, 1.54) is 11.3 Å². The first-order valence-corrected chi connectivity index (χ1v) is 6.33. The Hall–Kier alpha value is -1.67. The molecule has 0 aliphatic carbocycles. The van der Waals surface area contributed by atoms with E-state index in [9.17, 15) is 0 Å². The van der Waals surface area contributed by atoms with Gasteiger partial charge in [0.1, 0.15) is 5.75 Å². The first-order chi connectivity index (χ1) is 8.74. The molecule has 1 aliphatic rings. The molecule has 0 radical (unpaired) electrons.